The van der Waals surface area contributed by atoms with Gasteiger partial charge in [-0.1, -0.05) is 13.8 Å². The Labute approximate surface area is 78.8 Å². The Morgan fingerprint density at radius 3 is 2.09 bits per heavy atom. The van der Waals surface area contributed by atoms with Gasteiger partial charge in [0.2, 0.25) is 0 Å². The van der Waals surface area contributed by atoms with Crippen molar-refractivity contribution >= 4 is 26.9 Å². The first-order valence-corrected chi connectivity index (χ1v) is 7.22. The largest absolute Gasteiger partial charge is 0.466 e. The van der Waals surface area contributed by atoms with Crippen LogP contribution in [0.5, 0.6) is 0 Å². The number of rotatable bonds is 2. The van der Waals surface area contributed by atoms with E-state index in [4.69, 9.17) is 0 Å². The molecule has 0 unspecified atom stereocenters. The molecule has 0 amide bonds. The van der Waals surface area contributed by atoms with Crippen LogP contribution >= 0.6 is 0 Å². The predicted molar refractivity (Wildman–Crippen MR) is 46.8 cm³/mol. The minimum absolute atomic E-state index is 0.00921. The number of hydrogen-bond donors (Lipinski definition) is 0. The van der Waals surface area contributed by atoms with E-state index in [2.05, 4.69) is 4.74 Å². The van der Waals surface area contributed by atoms with E-state index in [1.807, 2.05) is 13.8 Å². The van der Waals surface area contributed by atoms with Gasteiger partial charge in [-0.2, -0.15) is 0 Å². The van der Waals surface area contributed by atoms with Crippen molar-refractivity contribution in [1.29, 1.82) is 0 Å². The number of carbonyl (C=O) groups excluding carboxylic acids is 1. The fourth-order valence-corrected chi connectivity index (χ4v) is 0.309. The molecule has 2 nitrogen and oxygen atoms in total. The van der Waals surface area contributed by atoms with Gasteiger partial charge < -0.3 is 4.74 Å². The minimum atomic E-state index is -0.118. The maximum absolute atomic E-state index is 10.5. The van der Waals surface area contributed by atoms with Gasteiger partial charge in [0.25, 0.3) is 0 Å². The van der Waals surface area contributed by atoms with Crippen molar-refractivity contribution < 1.29 is 9.53 Å². The summed E-state index contributed by atoms with van der Waals surface area (Å²) in [6.07, 6.45) is 0. The van der Waals surface area contributed by atoms with Crippen LogP contribution in [0.1, 0.15) is 20.8 Å². The Morgan fingerprint density at radius 2 is 2.00 bits per heavy atom. The van der Waals surface area contributed by atoms with Gasteiger partial charge in [0.05, 0.1) is 12.5 Å². The summed E-state index contributed by atoms with van der Waals surface area (Å²) < 4.78 is 7.92. The fraction of sp³-hybridized carbons (Fsp3) is 0.875. The molecule has 0 bridgehead atoms. The predicted octanol–water partition coefficient (Wildman–Crippen LogP) is 1.75. The zero-order chi connectivity index (χ0) is 8.69. The van der Waals surface area contributed by atoms with E-state index >= 15 is 0 Å². The number of ether oxygens (including phenoxy) is 1. The van der Waals surface area contributed by atoms with Gasteiger partial charge in [0, 0.05) is 0 Å². The molecule has 11 heavy (non-hydrogen) atoms. The fourth-order valence-electron chi connectivity index (χ4n) is 0.309. The molecule has 1 rings (SSSR count). The summed E-state index contributed by atoms with van der Waals surface area (Å²) in [6, 6.07) is 0. The molecular weight excluding hydrogens is 256 g/mol. The van der Waals surface area contributed by atoms with Crippen molar-refractivity contribution in [2.24, 2.45) is 5.92 Å². The quantitative estimate of drug-likeness (QED) is 0.565. The van der Waals surface area contributed by atoms with Gasteiger partial charge >= 0.3 is 35.8 Å². The SMILES string of the molecule is C1C[Te]1.CCOC(=O)C(C)C. The molecule has 1 saturated heterocycles. The van der Waals surface area contributed by atoms with E-state index < -0.39 is 0 Å². The molecule has 1 aliphatic rings. The second-order valence-corrected chi connectivity index (χ2v) is 6.01. The third-order valence-corrected chi connectivity index (χ3v) is 2.13. The molecule has 0 radical (unpaired) electrons. The molecule has 1 heterocycles. The summed E-state index contributed by atoms with van der Waals surface area (Å²) in [5.41, 5.74) is 0. The summed E-state index contributed by atoms with van der Waals surface area (Å²) >= 11 is 0.720. The molecule has 0 aliphatic carbocycles. The summed E-state index contributed by atoms with van der Waals surface area (Å²) in [6.45, 7) is 5.92. The van der Waals surface area contributed by atoms with Crippen molar-refractivity contribution in [3.8, 4) is 0 Å². The average Bonchev–Trinajstić information content (AvgIpc) is 2.72. The van der Waals surface area contributed by atoms with Crippen LogP contribution in [0.4, 0.5) is 0 Å². The van der Waals surface area contributed by atoms with Crippen molar-refractivity contribution in [3.63, 3.8) is 0 Å². The van der Waals surface area contributed by atoms with Gasteiger partial charge in [0.1, 0.15) is 0 Å². The molecule has 3 heteroatoms. The number of esters is 1. The van der Waals surface area contributed by atoms with Crippen LogP contribution in [0.3, 0.4) is 0 Å². The zero-order valence-electron chi connectivity index (χ0n) is 7.42. The Hall–Kier alpha value is 0.260. The Bertz CT molecular complexity index is 108. The Balaban J connectivity index is 0.000000271. The van der Waals surface area contributed by atoms with Crippen LogP contribution in [0.15, 0.2) is 0 Å². The molecule has 0 spiro atoms. The van der Waals surface area contributed by atoms with E-state index in [0.717, 1.165) is 20.9 Å². The number of hydrogen-bond acceptors (Lipinski definition) is 2. The second-order valence-electron chi connectivity index (χ2n) is 2.52. The normalized spacial score (nSPS) is 13.5. The molecule has 1 fully saturated rings. The van der Waals surface area contributed by atoms with Crippen molar-refractivity contribution in [2.75, 3.05) is 6.61 Å². The third kappa shape index (κ3) is 10.3. The molecule has 0 atom stereocenters. The summed E-state index contributed by atoms with van der Waals surface area (Å²) in [5.74, 6) is -0.109. The van der Waals surface area contributed by atoms with Crippen LogP contribution < -0.4 is 0 Å². The van der Waals surface area contributed by atoms with Crippen molar-refractivity contribution in [2.45, 2.75) is 29.7 Å². The molecule has 0 aromatic heterocycles. The van der Waals surface area contributed by atoms with Crippen LogP contribution in [0, 0.1) is 5.92 Å². The molecule has 0 N–H and O–H groups in total. The van der Waals surface area contributed by atoms with Gasteiger partial charge in [-0.15, -0.1) is 0 Å². The summed E-state index contributed by atoms with van der Waals surface area (Å²) in [5, 5.41) is 0. The van der Waals surface area contributed by atoms with E-state index in [1.54, 1.807) is 15.9 Å². The van der Waals surface area contributed by atoms with E-state index in [-0.39, 0.29) is 11.9 Å². The van der Waals surface area contributed by atoms with Crippen LogP contribution in [0.2, 0.25) is 8.94 Å². The van der Waals surface area contributed by atoms with Crippen molar-refractivity contribution in [3.05, 3.63) is 0 Å². The molecule has 1 aliphatic heterocycles. The standard InChI is InChI=1S/C6H12O2.C2H4Te/c1-4-8-6(7)5(2)3;1-2-3-1/h5H,4H2,1-3H3;1-2H2. The van der Waals surface area contributed by atoms with E-state index in [9.17, 15) is 4.79 Å². The van der Waals surface area contributed by atoms with E-state index in [0.29, 0.717) is 6.61 Å². The molecule has 66 valence electrons. The third-order valence-electron chi connectivity index (χ3n) is 0.962. The second kappa shape index (κ2) is 6.94. The first-order valence-electron chi connectivity index (χ1n) is 3.92. The van der Waals surface area contributed by atoms with E-state index in [1.165, 1.54) is 0 Å². The molecule has 0 aromatic carbocycles. The maximum Gasteiger partial charge on any atom is 0.308 e. The summed E-state index contributed by atoms with van der Waals surface area (Å²) in [7, 11) is 0. The maximum atomic E-state index is 10.5. The zero-order valence-corrected chi connectivity index (χ0v) is 9.75. The first kappa shape index (κ1) is 11.3. The van der Waals surface area contributed by atoms with Crippen molar-refractivity contribution in [1.82, 2.24) is 0 Å². The molecule has 0 aromatic rings. The topological polar surface area (TPSA) is 26.3 Å². The molecule has 0 saturated carbocycles. The summed E-state index contributed by atoms with van der Waals surface area (Å²) in [4.78, 5) is 10.5. The Kier molecular flexibility index (Phi) is 7.10. The van der Waals surface area contributed by atoms with Gasteiger partial charge in [-0.25, -0.2) is 0 Å². The van der Waals surface area contributed by atoms with Gasteiger partial charge in [-0.3, -0.25) is 4.79 Å². The number of carbonyl (C=O) groups is 1. The smallest absolute Gasteiger partial charge is 0.308 e. The monoisotopic (exact) mass is 274 g/mol. The van der Waals surface area contributed by atoms with Crippen LogP contribution in [-0.2, 0) is 9.53 Å². The average molecular weight is 272 g/mol. The Morgan fingerprint density at radius 1 is 1.55 bits per heavy atom. The van der Waals surface area contributed by atoms with Gasteiger partial charge in [0.15, 0.2) is 0 Å². The van der Waals surface area contributed by atoms with Gasteiger partial charge in [-0.05, 0) is 6.92 Å². The van der Waals surface area contributed by atoms with Crippen LogP contribution in [0.25, 0.3) is 0 Å². The first-order chi connectivity index (χ1) is 5.18. The van der Waals surface area contributed by atoms with Crippen LogP contribution in [-0.4, -0.2) is 33.5 Å². The minimum Gasteiger partial charge on any atom is -0.466 e. The molecular formula is C8H16O2Te.